The van der Waals surface area contributed by atoms with E-state index in [9.17, 15) is 5.11 Å². The molecule has 0 atom stereocenters. The molecule has 310 valence electrons. The summed E-state index contributed by atoms with van der Waals surface area (Å²) < 4.78 is 44.0. The Bertz CT molecular complexity index is 2000. The van der Waals surface area contributed by atoms with Crippen molar-refractivity contribution in [1.29, 1.82) is 0 Å². The maximum absolute atomic E-state index is 12.6. The zero-order chi connectivity index (χ0) is 42.3. The Morgan fingerprint density at radius 1 is 0.466 bits per heavy atom. The Morgan fingerprint density at radius 3 is 1.16 bits per heavy atom. The lowest BCUT2D eigenvalue weighted by atomic mass is 9.86. The van der Waals surface area contributed by atoms with Crippen LogP contribution in [0.3, 0.4) is 0 Å². The summed E-state index contributed by atoms with van der Waals surface area (Å²) in [6, 6.07) is 31.9. The van der Waals surface area contributed by atoms with E-state index < -0.39 is 13.3 Å². The summed E-state index contributed by atoms with van der Waals surface area (Å²) in [5, 5.41) is 14.8. The van der Waals surface area contributed by atoms with Crippen LogP contribution in [-0.4, -0.2) is 40.0 Å². The molecule has 0 radical (unpaired) electrons. The Hall–Kier alpha value is -4.75. The van der Waals surface area contributed by atoms with Crippen LogP contribution < -0.4 is 39.6 Å². The van der Waals surface area contributed by atoms with Crippen molar-refractivity contribution in [2.24, 2.45) is 0 Å². The molecular formula is C49H61O8P. The van der Waals surface area contributed by atoms with Crippen molar-refractivity contribution >= 4 is 23.8 Å². The van der Waals surface area contributed by atoms with Gasteiger partial charge in [0.25, 0.3) is 0 Å². The molecule has 8 nitrogen and oxygen atoms in total. The fraction of sp³-hybridized carbons (Fsp3) is 0.388. The van der Waals surface area contributed by atoms with E-state index in [4.69, 9.17) is 33.2 Å². The van der Waals surface area contributed by atoms with Gasteiger partial charge in [-0.1, -0.05) is 123 Å². The van der Waals surface area contributed by atoms with Crippen LogP contribution in [0, 0.1) is 0 Å². The van der Waals surface area contributed by atoms with E-state index >= 15 is 0 Å². The number of phenols is 1. The number of phenolic OH excluding ortho intramolecular Hbond substituents is 1. The summed E-state index contributed by atoms with van der Waals surface area (Å²) in [7, 11) is 3.24. The van der Waals surface area contributed by atoms with Crippen molar-refractivity contribution in [3.63, 3.8) is 0 Å². The van der Waals surface area contributed by atoms with Crippen molar-refractivity contribution in [2.75, 3.05) is 34.9 Å². The van der Waals surface area contributed by atoms with Gasteiger partial charge < -0.3 is 38.3 Å². The quantitative estimate of drug-likeness (QED) is 0.0600. The maximum Gasteiger partial charge on any atom is 0.189 e. The second-order valence-electron chi connectivity index (χ2n) is 17.4. The van der Waals surface area contributed by atoms with E-state index in [2.05, 4.69) is 62.3 Å². The van der Waals surface area contributed by atoms with E-state index in [0.717, 1.165) is 38.4 Å². The summed E-state index contributed by atoms with van der Waals surface area (Å²) in [4.78, 5) is 0. The highest BCUT2D eigenvalue weighted by atomic mass is 31.1. The lowest BCUT2D eigenvalue weighted by Crippen LogP contribution is -2.30. The molecule has 0 aliphatic rings. The molecule has 0 saturated heterocycles. The fourth-order valence-corrected chi connectivity index (χ4v) is 9.33. The summed E-state index contributed by atoms with van der Waals surface area (Å²) >= 11 is 0. The van der Waals surface area contributed by atoms with E-state index in [1.807, 2.05) is 97.1 Å². The summed E-state index contributed by atoms with van der Waals surface area (Å²) in [6.07, 6.45) is 0. The largest absolute Gasteiger partial charge is 0.507 e. The first-order valence-electron chi connectivity index (χ1n) is 19.6. The Labute approximate surface area is 347 Å². The second-order valence-corrected chi connectivity index (χ2v) is 19.5. The third-order valence-electron chi connectivity index (χ3n) is 9.80. The van der Waals surface area contributed by atoms with Crippen molar-refractivity contribution in [2.45, 2.75) is 91.8 Å². The van der Waals surface area contributed by atoms with Gasteiger partial charge in [0.2, 0.25) is 0 Å². The molecule has 0 saturated carbocycles. The van der Waals surface area contributed by atoms with Crippen LogP contribution in [0.25, 0.3) is 0 Å². The SMILES string of the molecule is COc1cc(P(c2cc(OC)cc(C(C)(C)C)c2OCOCc2ccccc2)c2cc(OC)cc(C(C)(C)C)c2OCOCc2ccccc2)c(O)c(C(C)(C)C)c1. The first-order chi connectivity index (χ1) is 27.5. The Balaban J connectivity index is 1.83. The Kier molecular flexibility index (Phi) is 14.4. The van der Waals surface area contributed by atoms with Crippen LogP contribution in [0.15, 0.2) is 97.1 Å². The summed E-state index contributed by atoms with van der Waals surface area (Å²) in [5.74, 6) is 3.35. The van der Waals surface area contributed by atoms with Gasteiger partial charge in [-0.2, -0.15) is 0 Å². The minimum atomic E-state index is -1.74. The van der Waals surface area contributed by atoms with Crippen molar-refractivity contribution in [3.8, 4) is 34.5 Å². The van der Waals surface area contributed by atoms with Crippen molar-refractivity contribution in [3.05, 3.63) is 125 Å². The lowest BCUT2D eigenvalue weighted by molar-refractivity contribution is 0.00470. The van der Waals surface area contributed by atoms with E-state index in [1.165, 1.54) is 0 Å². The molecule has 0 spiro atoms. The fourth-order valence-electron chi connectivity index (χ4n) is 6.67. The molecule has 0 bridgehead atoms. The predicted octanol–water partition coefficient (Wildman–Crippen LogP) is 10.2. The van der Waals surface area contributed by atoms with Crippen LogP contribution in [0.1, 0.15) is 90.1 Å². The van der Waals surface area contributed by atoms with Gasteiger partial charge in [0.15, 0.2) is 13.6 Å². The highest BCUT2D eigenvalue weighted by Gasteiger charge is 2.36. The standard InChI is InChI=1S/C49H61O8P/c1-47(2,3)38-23-35(51-10)26-41(44(38)50)58(42-27-36(52-11)24-39(48(4,5)6)45(42)56-31-54-29-33-19-15-13-16-20-33)43-28-37(53-12)25-40(49(7,8)9)46(43)57-32-55-30-34-21-17-14-18-22-34/h13-28,50H,29-32H2,1-12H3. The number of methoxy groups -OCH3 is 3. The number of benzene rings is 5. The highest BCUT2D eigenvalue weighted by Crippen LogP contribution is 2.50. The number of rotatable bonds is 16. The molecule has 0 aliphatic carbocycles. The molecular weight excluding hydrogens is 748 g/mol. The van der Waals surface area contributed by atoms with E-state index in [1.54, 1.807) is 21.3 Å². The summed E-state index contributed by atoms with van der Waals surface area (Å²) in [6.45, 7) is 19.9. The molecule has 1 N–H and O–H groups in total. The number of ether oxygens (including phenoxy) is 7. The molecule has 0 aliphatic heterocycles. The van der Waals surface area contributed by atoms with Gasteiger partial charge in [-0.15, -0.1) is 0 Å². The first kappa shape index (κ1) is 44.4. The Morgan fingerprint density at radius 2 is 0.810 bits per heavy atom. The van der Waals surface area contributed by atoms with Gasteiger partial charge in [0, 0.05) is 32.6 Å². The maximum atomic E-state index is 12.6. The van der Waals surface area contributed by atoms with E-state index in [-0.39, 0.29) is 30.2 Å². The van der Waals surface area contributed by atoms with Crippen molar-refractivity contribution < 1.29 is 38.3 Å². The zero-order valence-electron chi connectivity index (χ0n) is 36.3. The smallest absolute Gasteiger partial charge is 0.189 e. The molecule has 0 heterocycles. The minimum Gasteiger partial charge on any atom is -0.507 e. The highest BCUT2D eigenvalue weighted by molar-refractivity contribution is 7.80. The number of hydrogen-bond donors (Lipinski definition) is 1. The van der Waals surface area contributed by atoms with Crippen LogP contribution in [0.2, 0.25) is 0 Å². The van der Waals surface area contributed by atoms with Gasteiger partial charge in [0.05, 0.1) is 34.5 Å². The van der Waals surface area contributed by atoms with Gasteiger partial charge in [0.1, 0.15) is 34.5 Å². The van der Waals surface area contributed by atoms with Crippen LogP contribution >= 0.6 is 7.92 Å². The van der Waals surface area contributed by atoms with E-state index in [0.29, 0.717) is 47.3 Å². The van der Waals surface area contributed by atoms with Gasteiger partial charge in [-0.05, 0) is 71.7 Å². The minimum absolute atomic E-state index is 0.0140. The van der Waals surface area contributed by atoms with Crippen LogP contribution in [0.4, 0.5) is 0 Å². The van der Waals surface area contributed by atoms with Gasteiger partial charge in [-0.25, -0.2) is 0 Å². The average molecular weight is 809 g/mol. The first-order valence-corrected chi connectivity index (χ1v) is 21.0. The third kappa shape index (κ3) is 10.8. The summed E-state index contributed by atoms with van der Waals surface area (Å²) in [5.41, 5.74) is 3.46. The molecule has 0 unspecified atom stereocenters. The monoisotopic (exact) mass is 808 g/mol. The third-order valence-corrected chi connectivity index (χ3v) is 12.2. The molecule has 5 aromatic carbocycles. The molecule has 0 fully saturated rings. The topological polar surface area (TPSA) is 84.8 Å². The molecule has 0 aromatic heterocycles. The number of aromatic hydroxyl groups is 1. The number of hydrogen-bond acceptors (Lipinski definition) is 8. The molecule has 58 heavy (non-hydrogen) atoms. The van der Waals surface area contributed by atoms with Crippen LogP contribution in [-0.2, 0) is 38.9 Å². The predicted molar refractivity (Wildman–Crippen MR) is 236 cm³/mol. The van der Waals surface area contributed by atoms with Crippen LogP contribution in [0.5, 0.6) is 34.5 Å². The zero-order valence-corrected chi connectivity index (χ0v) is 37.2. The normalized spacial score (nSPS) is 12.1. The molecule has 5 rings (SSSR count). The van der Waals surface area contributed by atoms with Gasteiger partial charge in [-0.3, -0.25) is 0 Å². The van der Waals surface area contributed by atoms with Crippen molar-refractivity contribution in [1.82, 2.24) is 0 Å². The lowest BCUT2D eigenvalue weighted by Gasteiger charge is -2.33. The molecule has 9 heteroatoms. The average Bonchev–Trinajstić information content (AvgIpc) is 3.18. The second kappa shape index (κ2) is 18.9. The van der Waals surface area contributed by atoms with Gasteiger partial charge >= 0.3 is 0 Å². The molecule has 5 aromatic rings. The molecule has 0 amide bonds.